The number of ether oxygens (including phenoxy) is 2. The number of amides is 2. The molecular weight excluding hydrogens is 440 g/mol. The molecule has 8 nitrogen and oxygen atoms in total. The maximum Gasteiger partial charge on any atom is 0.249 e. The standard InChI is InChI=1S/C24H40N4O4S/c1-17-4-9-21(33-17)15-27(12-13-31-2)20-10-11-28(23(29)16-32-3)22(14-20)24(30)26-19-7-5-18(25)6-8-19/h4,9,18-20,22H,5-8,10-16,25H2,1-3H3,(H,26,30)/t18?,19?,20?,22-/m1/s1. The van der Waals surface area contributed by atoms with E-state index < -0.39 is 6.04 Å². The van der Waals surface area contributed by atoms with Crippen molar-refractivity contribution >= 4 is 23.2 Å². The van der Waals surface area contributed by atoms with Gasteiger partial charge in [0.15, 0.2) is 0 Å². The first-order chi connectivity index (χ1) is 15.9. The number of aryl methyl sites for hydroxylation is 1. The summed E-state index contributed by atoms with van der Waals surface area (Å²) in [5.41, 5.74) is 6.03. The Morgan fingerprint density at radius 3 is 2.58 bits per heavy atom. The van der Waals surface area contributed by atoms with Crippen LogP contribution in [0.3, 0.4) is 0 Å². The molecule has 0 bridgehead atoms. The monoisotopic (exact) mass is 480 g/mol. The van der Waals surface area contributed by atoms with Gasteiger partial charge in [-0.1, -0.05) is 0 Å². The lowest BCUT2D eigenvalue weighted by molar-refractivity contribution is -0.147. The summed E-state index contributed by atoms with van der Waals surface area (Å²) in [6.45, 7) is 4.91. The van der Waals surface area contributed by atoms with E-state index in [1.165, 1.54) is 16.9 Å². The lowest BCUT2D eigenvalue weighted by Crippen LogP contribution is -2.59. The molecule has 3 rings (SSSR count). The molecule has 1 saturated heterocycles. The van der Waals surface area contributed by atoms with Crippen molar-refractivity contribution in [3.63, 3.8) is 0 Å². The van der Waals surface area contributed by atoms with Gasteiger partial charge in [0, 0.05) is 61.7 Å². The molecule has 2 amide bonds. The molecule has 1 unspecified atom stereocenters. The van der Waals surface area contributed by atoms with E-state index in [9.17, 15) is 9.59 Å². The zero-order chi connectivity index (χ0) is 23.8. The summed E-state index contributed by atoms with van der Waals surface area (Å²) in [6.07, 6.45) is 5.08. The van der Waals surface area contributed by atoms with E-state index in [0.717, 1.165) is 45.2 Å². The van der Waals surface area contributed by atoms with E-state index in [2.05, 4.69) is 29.3 Å². The third kappa shape index (κ3) is 7.48. The first kappa shape index (κ1) is 26.1. The summed E-state index contributed by atoms with van der Waals surface area (Å²) in [7, 11) is 3.23. The largest absolute Gasteiger partial charge is 0.383 e. The number of nitrogens with one attached hydrogen (secondary N) is 1. The van der Waals surface area contributed by atoms with Crippen LogP contribution in [0.4, 0.5) is 0 Å². The molecule has 9 heteroatoms. The second-order valence-corrected chi connectivity index (χ2v) is 10.7. The Morgan fingerprint density at radius 1 is 1.18 bits per heavy atom. The molecule has 1 saturated carbocycles. The van der Waals surface area contributed by atoms with E-state index in [0.29, 0.717) is 19.6 Å². The van der Waals surface area contributed by atoms with Gasteiger partial charge in [0.1, 0.15) is 12.6 Å². The average Bonchev–Trinajstić information content (AvgIpc) is 3.22. The van der Waals surface area contributed by atoms with Crippen LogP contribution < -0.4 is 11.1 Å². The fraction of sp³-hybridized carbons (Fsp3) is 0.750. The van der Waals surface area contributed by atoms with Crippen LogP contribution in [0, 0.1) is 6.92 Å². The predicted molar refractivity (Wildman–Crippen MR) is 130 cm³/mol. The third-order valence-corrected chi connectivity index (χ3v) is 7.82. The van der Waals surface area contributed by atoms with Crippen molar-refractivity contribution in [3.05, 3.63) is 21.9 Å². The molecule has 186 valence electrons. The molecular formula is C24H40N4O4S. The zero-order valence-corrected chi connectivity index (χ0v) is 21.1. The second kappa shape index (κ2) is 12.8. The van der Waals surface area contributed by atoms with Gasteiger partial charge in [0.05, 0.1) is 6.61 Å². The van der Waals surface area contributed by atoms with Gasteiger partial charge in [-0.15, -0.1) is 11.3 Å². The number of rotatable bonds is 10. The molecule has 0 spiro atoms. The summed E-state index contributed by atoms with van der Waals surface area (Å²) in [4.78, 5) is 32.9. The third-order valence-electron chi connectivity index (χ3n) is 6.84. The Hall–Kier alpha value is -1.52. The minimum atomic E-state index is -0.489. The number of hydrogen-bond donors (Lipinski definition) is 2. The van der Waals surface area contributed by atoms with Crippen LogP contribution in [-0.2, 0) is 25.6 Å². The fourth-order valence-corrected chi connectivity index (χ4v) is 5.88. The quantitative estimate of drug-likeness (QED) is 0.531. The fourth-order valence-electron chi connectivity index (χ4n) is 4.96. The zero-order valence-electron chi connectivity index (χ0n) is 20.3. The molecule has 1 aromatic rings. The van der Waals surface area contributed by atoms with Crippen LogP contribution in [0.1, 0.15) is 48.3 Å². The Kier molecular flexibility index (Phi) is 10.1. The number of carbonyl (C=O) groups is 2. The number of methoxy groups -OCH3 is 2. The van der Waals surface area contributed by atoms with Crippen molar-refractivity contribution in [2.45, 2.75) is 76.2 Å². The second-order valence-electron chi connectivity index (χ2n) is 9.31. The maximum atomic E-state index is 13.4. The molecule has 2 atom stereocenters. The molecule has 33 heavy (non-hydrogen) atoms. The molecule has 0 aromatic carbocycles. The smallest absolute Gasteiger partial charge is 0.249 e. The first-order valence-electron chi connectivity index (χ1n) is 12.0. The van der Waals surface area contributed by atoms with E-state index in [1.54, 1.807) is 23.3 Å². The number of nitrogens with zero attached hydrogens (tertiary/aromatic N) is 2. The van der Waals surface area contributed by atoms with Crippen molar-refractivity contribution < 1.29 is 19.1 Å². The van der Waals surface area contributed by atoms with Crippen molar-refractivity contribution in [2.24, 2.45) is 5.73 Å². The molecule has 1 aliphatic carbocycles. The highest BCUT2D eigenvalue weighted by atomic mass is 32.1. The maximum absolute atomic E-state index is 13.4. The summed E-state index contributed by atoms with van der Waals surface area (Å²) < 4.78 is 10.5. The van der Waals surface area contributed by atoms with Gasteiger partial charge >= 0.3 is 0 Å². The van der Waals surface area contributed by atoms with E-state index >= 15 is 0 Å². The number of piperidine rings is 1. The number of hydrogen-bond acceptors (Lipinski definition) is 7. The topological polar surface area (TPSA) is 97.1 Å². The van der Waals surface area contributed by atoms with Gasteiger partial charge in [0.25, 0.3) is 0 Å². The van der Waals surface area contributed by atoms with Crippen LogP contribution >= 0.6 is 11.3 Å². The lowest BCUT2D eigenvalue weighted by atomic mass is 9.90. The SMILES string of the molecule is COCCN(Cc1ccc(C)s1)C1CCN(C(=O)COC)[C@@H](C(=O)NC2CCC(N)CC2)C1. The van der Waals surface area contributed by atoms with Gasteiger partial charge in [-0.25, -0.2) is 0 Å². The van der Waals surface area contributed by atoms with Gasteiger partial charge in [-0.2, -0.15) is 0 Å². The molecule has 0 radical (unpaired) electrons. The highest BCUT2D eigenvalue weighted by molar-refractivity contribution is 7.11. The molecule has 1 aliphatic heterocycles. The molecule has 2 aliphatic rings. The molecule has 2 heterocycles. The minimum absolute atomic E-state index is 0.00537. The molecule has 1 aromatic heterocycles. The van der Waals surface area contributed by atoms with Crippen molar-refractivity contribution in [3.8, 4) is 0 Å². The number of likely N-dealkylation sites (tertiary alicyclic amines) is 1. The number of thiophene rings is 1. The van der Waals surface area contributed by atoms with Crippen LogP contribution in [0.5, 0.6) is 0 Å². The Bertz CT molecular complexity index is 765. The highest BCUT2D eigenvalue weighted by Crippen LogP contribution is 2.27. The van der Waals surface area contributed by atoms with Crippen LogP contribution in [-0.4, -0.2) is 86.3 Å². The Balaban J connectivity index is 1.72. The molecule has 3 N–H and O–H groups in total. The highest BCUT2D eigenvalue weighted by Gasteiger charge is 2.39. The minimum Gasteiger partial charge on any atom is -0.383 e. The van der Waals surface area contributed by atoms with Crippen LogP contribution in [0.2, 0.25) is 0 Å². The summed E-state index contributed by atoms with van der Waals surface area (Å²) in [5.74, 6) is -0.178. The Labute approximate surface area is 201 Å². The summed E-state index contributed by atoms with van der Waals surface area (Å²) >= 11 is 1.80. The number of carbonyl (C=O) groups excluding carboxylic acids is 2. The van der Waals surface area contributed by atoms with Crippen LogP contribution in [0.25, 0.3) is 0 Å². The average molecular weight is 481 g/mol. The van der Waals surface area contributed by atoms with Gasteiger partial charge in [-0.05, 0) is 57.6 Å². The van der Waals surface area contributed by atoms with Gasteiger partial charge < -0.3 is 25.4 Å². The normalized spacial score (nSPS) is 25.9. The van der Waals surface area contributed by atoms with Crippen LogP contribution in [0.15, 0.2) is 12.1 Å². The summed E-state index contributed by atoms with van der Waals surface area (Å²) in [6, 6.07) is 4.40. The summed E-state index contributed by atoms with van der Waals surface area (Å²) in [5, 5.41) is 3.22. The van der Waals surface area contributed by atoms with E-state index in [4.69, 9.17) is 15.2 Å². The van der Waals surface area contributed by atoms with E-state index in [-0.39, 0.29) is 36.5 Å². The van der Waals surface area contributed by atoms with E-state index in [1.807, 2.05) is 0 Å². The first-order valence-corrected chi connectivity index (χ1v) is 12.9. The van der Waals surface area contributed by atoms with Crippen molar-refractivity contribution in [1.29, 1.82) is 0 Å². The predicted octanol–water partition coefficient (Wildman–Crippen LogP) is 1.90. The number of nitrogens with two attached hydrogens (primary N) is 1. The Morgan fingerprint density at radius 2 is 1.94 bits per heavy atom. The lowest BCUT2D eigenvalue weighted by Gasteiger charge is -2.43. The van der Waals surface area contributed by atoms with Gasteiger partial charge in [0.2, 0.25) is 11.8 Å². The van der Waals surface area contributed by atoms with Crippen molar-refractivity contribution in [1.82, 2.24) is 15.1 Å². The van der Waals surface area contributed by atoms with Gasteiger partial charge in [-0.3, -0.25) is 14.5 Å². The molecule has 2 fully saturated rings. The van der Waals surface area contributed by atoms with Crippen molar-refractivity contribution in [2.75, 3.05) is 40.5 Å².